The fraction of sp³-hybridized carbons (Fsp3) is 0.400. The van der Waals surface area contributed by atoms with E-state index in [1.165, 1.54) is 33.8 Å². The topological polar surface area (TPSA) is 6.25 Å². The third-order valence-corrected chi connectivity index (χ3v) is 7.09. The van der Waals surface area contributed by atoms with Crippen molar-refractivity contribution in [3.63, 3.8) is 0 Å². The van der Waals surface area contributed by atoms with E-state index in [1.807, 2.05) is 0 Å². The molecule has 0 bridgehead atoms. The normalized spacial score (nSPS) is 22.5. The maximum Gasteiger partial charge on any atom is 0.209 e. The highest BCUT2D eigenvalue weighted by Gasteiger charge is 2.43. The summed E-state index contributed by atoms with van der Waals surface area (Å²) < 4.78 is 2.33. The number of allylic oxidation sites excluding steroid dienone is 1. The molecule has 0 amide bonds. The van der Waals surface area contributed by atoms with Crippen molar-refractivity contribution in [3.05, 3.63) is 65.2 Å². The minimum atomic E-state index is 0.0204. The first-order chi connectivity index (χ1) is 12.7. The minimum Gasteiger partial charge on any atom is -0.371 e. The van der Waals surface area contributed by atoms with Crippen LogP contribution in [0.2, 0.25) is 0 Å². The Morgan fingerprint density at radius 1 is 0.963 bits per heavy atom. The van der Waals surface area contributed by atoms with Crippen LogP contribution in [0.25, 0.3) is 6.08 Å². The lowest BCUT2D eigenvalue weighted by atomic mass is 9.80. The highest BCUT2D eigenvalue weighted by molar-refractivity contribution is 6.05. The molecule has 0 fully saturated rings. The quantitative estimate of drug-likeness (QED) is 0.640. The number of fused-ring (bicyclic) bond motifs is 2. The maximum atomic E-state index is 2.40. The monoisotopic (exact) mass is 359 g/mol. The SMILES string of the molecule is C[C@H]1N(C)c2ccc(/C=C/C3=[N+](C)c4ccccc4C3(C)C)cc2C1(C)C. The van der Waals surface area contributed by atoms with Crippen LogP contribution in [0.3, 0.4) is 0 Å². The van der Waals surface area contributed by atoms with E-state index in [1.54, 1.807) is 0 Å². The van der Waals surface area contributed by atoms with Crippen molar-refractivity contribution in [2.45, 2.75) is 51.5 Å². The van der Waals surface area contributed by atoms with E-state index < -0.39 is 0 Å². The van der Waals surface area contributed by atoms with Crippen molar-refractivity contribution in [3.8, 4) is 0 Å². The molecule has 0 N–H and O–H groups in total. The molecular formula is C25H31N2+. The molecule has 0 saturated heterocycles. The molecular weight excluding hydrogens is 328 g/mol. The minimum absolute atomic E-state index is 0.0204. The lowest BCUT2D eigenvalue weighted by Gasteiger charge is -2.28. The number of benzene rings is 2. The van der Waals surface area contributed by atoms with Crippen LogP contribution >= 0.6 is 0 Å². The van der Waals surface area contributed by atoms with Gasteiger partial charge in [-0.15, -0.1) is 0 Å². The number of hydrogen-bond donors (Lipinski definition) is 0. The van der Waals surface area contributed by atoms with E-state index in [4.69, 9.17) is 0 Å². The third kappa shape index (κ3) is 2.50. The van der Waals surface area contributed by atoms with Gasteiger partial charge in [-0.2, -0.15) is 4.58 Å². The molecule has 2 heterocycles. The van der Waals surface area contributed by atoms with Crippen molar-refractivity contribution < 1.29 is 4.58 Å². The summed E-state index contributed by atoms with van der Waals surface area (Å²) in [5, 5.41) is 0. The van der Waals surface area contributed by atoms with Gasteiger partial charge in [-0.1, -0.05) is 38.1 Å². The van der Waals surface area contributed by atoms with Gasteiger partial charge in [0, 0.05) is 41.9 Å². The summed E-state index contributed by atoms with van der Waals surface area (Å²) >= 11 is 0. The Hall–Kier alpha value is -2.35. The van der Waals surface area contributed by atoms with E-state index in [0.717, 1.165) is 0 Å². The van der Waals surface area contributed by atoms with Gasteiger partial charge in [0.05, 0.1) is 5.41 Å². The Morgan fingerprint density at radius 3 is 2.37 bits per heavy atom. The Kier molecular flexibility index (Phi) is 3.89. The molecule has 0 radical (unpaired) electrons. The van der Waals surface area contributed by atoms with Gasteiger partial charge in [0.15, 0.2) is 5.71 Å². The van der Waals surface area contributed by atoms with Gasteiger partial charge in [-0.25, -0.2) is 0 Å². The zero-order valence-electron chi connectivity index (χ0n) is 17.7. The smallest absolute Gasteiger partial charge is 0.209 e. The molecule has 0 aliphatic carbocycles. The van der Waals surface area contributed by atoms with Crippen LogP contribution in [0.5, 0.6) is 0 Å². The summed E-state index contributed by atoms with van der Waals surface area (Å²) in [6.45, 7) is 11.7. The molecule has 4 rings (SSSR count). The first-order valence-corrected chi connectivity index (χ1v) is 9.92. The molecule has 0 saturated carbocycles. The average Bonchev–Trinajstić information content (AvgIpc) is 2.94. The zero-order chi connectivity index (χ0) is 19.6. The van der Waals surface area contributed by atoms with Crippen molar-refractivity contribution in [2.24, 2.45) is 0 Å². The van der Waals surface area contributed by atoms with Gasteiger partial charge < -0.3 is 4.90 Å². The van der Waals surface area contributed by atoms with Gasteiger partial charge in [-0.05, 0) is 50.1 Å². The molecule has 1 atom stereocenters. The molecule has 0 spiro atoms. The first-order valence-electron chi connectivity index (χ1n) is 9.92. The predicted molar refractivity (Wildman–Crippen MR) is 117 cm³/mol. The lowest BCUT2D eigenvalue weighted by molar-refractivity contribution is -0.401. The Morgan fingerprint density at radius 2 is 1.67 bits per heavy atom. The molecule has 2 aromatic rings. The highest BCUT2D eigenvalue weighted by Crippen LogP contribution is 2.44. The first kappa shape index (κ1) is 18.0. The van der Waals surface area contributed by atoms with E-state index in [9.17, 15) is 0 Å². The molecule has 0 aromatic heterocycles. The lowest BCUT2D eigenvalue weighted by Crippen LogP contribution is -2.36. The van der Waals surface area contributed by atoms with Crippen molar-refractivity contribution in [2.75, 3.05) is 19.0 Å². The standard InChI is InChI=1S/C25H31N2/c1-17-24(2,3)20-16-18(12-14-22(20)26(17)6)13-15-23-25(4,5)19-10-8-9-11-21(19)27(23)7/h8-17H,1-7H3/q+1/t17-/m1/s1. The van der Waals surface area contributed by atoms with Crippen molar-refractivity contribution >= 4 is 23.2 Å². The Labute approximate surface area is 163 Å². The number of para-hydroxylation sites is 1. The van der Waals surface area contributed by atoms with Crippen LogP contribution in [0, 0.1) is 0 Å². The van der Waals surface area contributed by atoms with E-state index in [0.29, 0.717) is 6.04 Å². The van der Waals surface area contributed by atoms with Crippen molar-refractivity contribution in [1.82, 2.24) is 0 Å². The molecule has 140 valence electrons. The van der Waals surface area contributed by atoms with Gasteiger partial charge in [0.1, 0.15) is 7.05 Å². The summed E-state index contributed by atoms with van der Waals surface area (Å²) in [5.74, 6) is 0. The molecule has 2 aliphatic rings. The summed E-state index contributed by atoms with van der Waals surface area (Å²) in [4.78, 5) is 2.40. The number of anilines is 1. The maximum absolute atomic E-state index is 2.40. The van der Waals surface area contributed by atoms with Crippen LogP contribution in [0.1, 0.15) is 51.3 Å². The Bertz CT molecular complexity index is 976. The summed E-state index contributed by atoms with van der Waals surface area (Å²) in [7, 11) is 4.38. The second kappa shape index (κ2) is 5.82. The third-order valence-electron chi connectivity index (χ3n) is 7.09. The van der Waals surface area contributed by atoms with Gasteiger partial charge in [0.25, 0.3) is 0 Å². The van der Waals surface area contributed by atoms with Gasteiger partial charge in [-0.3, -0.25) is 0 Å². The van der Waals surface area contributed by atoms with Crippen LogP contribution in [-0.4, -0.2) is 30.4 Å². The summed E-state index contributed by atoms with van der Waals surface area (Å²) in [6.07, 6.45) is 4.58. The zero-order valence-corrected chi connectivity index (χ0v) is 17.7. The largest absolute Gasteiger partial charge is 0.371 e. The number of nitrogens with zero attached hydrogens (tertiary/aromatic N) is 2. The molecule has 27 heavy (non-hydrogen) atoms. The van der Waals surface area contributed by atoms with Gasteiger partial charge >= 0.3 is 0 Å². The fourth-order valence-electron chi connectivity index (χ4n) is 4.88. The van der Waals surface area contributed by atoms with E-state index in [-0.39, 0.29) is 10.8 Å². The van der Waals surface area contributed by atoms with Crippen LogP contribution in [0.15, 0.2) is 48.5 Å². The van der Waals surface area contributed by atoms with E-state index >= 15 is 0 Å². The number of rotatable bonds is 2. The molecule has 2 heteroatoms. The number of likely N-dealkylation sites (N-methyl/N-ethyl adjacent to an activating group) is 1. The molecule has 2 aromatic carbocycles. The van der Waals surface area contributed by atoms with Gasteiger partial charge in [0.2, 0.25) is 5.69 Å². The molecule has 2 aliphatic heterocycles. The summed E-state index contributed by atoms with van der Waals surface area (Å²) in [5.41, 5.74) is 8.33. The average molecular weight is 360 g/mol. The fourth-order valence-corrected chi connectivity index (χ4v) is 4.88. The van der Waals surface area contributed by atoms with Crippen LogP contribution < -0.4 is 4.90 Å². The second-order valence-electron chi connectivity index (χ2n) is 9.20. The summed E-state index contributed by atoms with van der Waals surface area (Å²) in [6, 6.07) is 16.1. The van der Waals surface area contributed by atoms with Crippen molar-refractivity contribution in [1.29, 1.82) is 0 Å². The molecule has 0 unspecified atom stereocenters. The van der Waals surface area contributed by atoms with Crippen LogP contribution in [0.4, 0.5) is 11.4 Å². The second-order valence-corrected chi connectivity index (χ2v) is 9.20. The molecule has 2 nitrogen and oxygen atoms in total. The predicted octanol–water partition coefficient (Wildman–Crippen LogP) is 5.52. The van der Waals surface area contributed by atoms with Crippen LogP contribution in [-0.2, 0) is 10.8 Å². The number of hydrogen-bond acceptors (Lipinski definition) is 1. The Balaban J connectivity index is 1.72. The highest BCUT2D eigenvalue weighted by atomic mass is 15.2. The van der Waals surface area contributed by atoms with E-state index in [2.05, 4.69) is 113 Å².